The molecule has 0 aliphatic heterocycles. The topological polar surface area (TPSA) is 27.7 Å². The Kier molecular flexibility index (Phi) is 8.31. The summed E-state index contributed by atoms with van der Waals surface area (Å²) in [5.41, 5.74) is 0. The summed E-state index contributed by atoms with van der Waals surface area (Å²) in [6.45, 7) is 22.4. The van der Waals surface area contributed by atoms with Gasteiger partial charge in [0.25, 0.3) is 0 Å². The SMILES string of the molecule is CCCCC[Si](C)(O[Si](C)(C)C)O[Si](C)(C)O[Si](C)(C)C. The molecule has 21 heavy (non-hydrogen) atoms. The molecule has 0 aliphatic carbocycles. The van der Waals surface area contributed by atoms with Gasteiger partial charge in [-0.25, -0.2) is 0 Å². The van der Waals surface area contributed by atoms with E-state index in [9.17, 15) is 0 Å². The second-order valence-corrected chi connectivity index (χ2v) is 25.0. The highest BCUT2D eigenvalue weighted by molar-refractivity contribution is 6.89. The van der Waals surface area contributed by atoms with Crippen molar-refractivity contribution in [1.29, 1.82) is 0 Å². The highest BCUT2D eigenvalue weighted by Gasteiger charge is 2.43. The Labute approximate surface area is 137 Å². The monoisotopic (exact) mass is 366 g/mol. The fourth-order valence-electron chi connectivity index (χ4n) is 2.74. The third-order valence-corrected chi connectivity index (χ3v) is 16.3. The molecule has 0 fully saturated rings. The Morgan fingerprint density at radius 2 is 1.10 bits per heavy atom. The van der Waals surface area contributed by atoms with Crippen LogP contribution in [0, 0.1) is 0 Å². The highest BCUT2D eigenvalue weighted by Crippen LogP contribution is 2.28. The molecule has 0 rings (SSSR count). The van der Waals surface area contributed by atoms with Gasteiger partial charge in [0.15, 0.2) is 16.6 Å². The zero-order valence-electron chi connectivity index (χ0n) is 16.1. The summed E-state index contributed by atoms with van der Waals surface area (Å²) in [6.07, 6.45) is 3.71. The molecule has 1 unspecified atom stereocenters. The summed E-state index contributed by atoms with van der Waals surface area (Å²) >= 11 is 0. The van der Waals surface area contributed by atoms with Crippen LogP contribution in [0.15, 0.2) is 0 Å². The zero-order valence-corrected chi connectivity index (χ0v) is 20.1. The van der Waals surface area contributed by atoms with Crippen molar-refractivity contribution >= 4 is 33.8 Å². The van der Waals surface area contributed by atoms with Crippen molar-refractivity contribution in [3.05, 3.63) is 0 Å². The molecule has 1 atom stereocenters. The van der Waals surface area contributed by atoms with Gasteiger partial charge >= 0.3 is 17.1 Å². The summed E-state index contributed by atoms with van der Waals surface area (Å²) in [5.74, 6) is 0. The molecule has 0 spiro atoms. The van der Waals surface area contributed by atoms with Crippen molar-refractivity contribution < 1.29 is 12.3 Å². The van der Waals surface area contributed by atoms with Crippen molar-refractivity contribution in [2.45, 2.75) is 91.2 Å². The van der Waals surface area contributed by atoms with Crippen molar-refractivity contribution in [3.63, 3.8) is 0 Å². The van der Waals surface area contributed by atoms with Gasteiger partial charge in [0.05, 0.1) is 0 Å². The van der Waals surface area contributed by atoms with Crippen LogP contribution in [0.4, 0.5) is 0 Å². The highest BCUT2D eigenvalue weighted by atomic mass is 28.5. The lowest BCUT2D eigenvalue weighted by molar-refractivity contribution is 0.322. The molecule has 3 nitrogen and oxygen atoms in total. The van der Waals surface area contributed by atoms with Gasteiger partial charge in [0, 0.05) is 0 Å². The summed E-state index contributed by atoms with van der Waals surface area (Å²) < 4.78 is 19.5. The van der Waals surface area contributed by atoms with Crippen LogP contribution in [-0.4, -0.2) is 33.8 Å². The summed E-state index contributed by atoms with van der Waals surface area (Å²) in [6, 6.07) is 1.09. The quantitative estimate of drug-likeness (QED) is 0.368. The van der Waals surface area contributed by atoms with Gasteiger partial charge < -0.3 is 12.3 Å². The first-order chi connectivity index (χ1) is 9.18. The molecule has 0 N–H and O–H groups in total. The molecular weight excluding hydrogens is 328 g/mol. The molecule has 0 heterocycles. The van der Waals surface area contributed by atoms with Crippen molar-refractivity contribution in [2.24, 2.45) is 0 Å². The molecule has 0 amide bonds. The first-order valence-electron chi connectivity index (χ1n) is 8.29. The molecule has 0 bridgehead atoms. The standard InChI is InChI=1S/C14H38O3Si4/c1-11-12-13-14-21(10,16-19(5,6)7)17-20(8,9)15-18(2,3)4/h11-14H2,1-10H3. The maximum Gasteiger partial charge on any atom is 0.315 e. The van der Waals surface area contributed by atoms with Crippen molar-refractivity contribution in [1.82, 2.24) is 0 Å². The van der Waals surface area contributed by atoms with E-state index in [1.54, 1.807) is 0 Å². The van der Waals surface area contributed by atoms with Crippen molar-refractivity contribution in [2.75, 3.05) is 0 Å². The van der Waals surface area contributed by atoms with E-state index in [1.165, 1.54) is 19.3 Å². The van der Waals surface area contributed by atoms with E-state index in [1.807, 2.05) is 0 Å². The van der Waals surface area contributed by atoms with E-state index in [0.717, 1.165) is 6.04 Å². The Balaban J connectivity index is 4.95. The van der Waals surface area contributed by atoms with Crippen molar-refractivity contribution in [3.8, 4) is 0 Å². The van der Waals surface area contributed by atoms with Gasteiger partial charge in [-0.2, -0.15) is 0 Å². The molecule has 0 saturated carbocycles. The van der Waals surface area contributed by atoms with Crippen LogP contribution in [0.5, 0.6) is 0 Å². The Bertz CT molecular complexity index is 310. The van der Waals surface area contributed by atoms with Crippen LogP contribution in [0.1, 0.15) is 26.2 Å². The van der Waals surface area contributed by atoms with Crippen LogP contribution >= 0.6 is 0 Å². The molecule has 0 aliphatic rings. The smallest absolute Gasteiger partial charge is 0.315 e. The first kappa shape index (κ1) is 21.7. The molecule has 0 aromatic rings. The number of unbranched alkanes of at least 4 members (excludes halogenated alkanes) is 2. The lowest BCUT2D eigenvalue weighted by atomic mass is 10.3. The van der Waals surface area contributed by atoms with Crippen LogP contribution < -0.4 is 0 Å². The molecule has 128 valence electrons. The second-order valence-electron chi connectivity index (χ2n) is 8.52. The number of hydrogen-bond donors (Lipinski definition) is 0. The lowest BCUT2D eigenvalue weighted by Gasteiger charge is -2.41. The van der Waals surface area contributed by atoms with E-state index in [0.29, 0.717) is 0 Å². The third kappa shape index (κ3) is 11.9. The maximum atomic E-state index is 6.63. The lowest BCUT2D eigenvalue weighted by Crippen LogP contribution is -2.56. The van der Waals surface area contributed by atoms with E-state index < -0.39 is 33.8 Å². The van der Waals surface area contributed by atoms with Crippen LogP contribution in [-0.2, 0) is 12.3 Å². The van der Waals surface area contributed by atoms with Crippen LogP contribution in [0.2, 0.25) is 65.0 Å². The third-order valence-electron chi connectivity index (χ3n) is 2.77. The summed E-state index contributed by atoms with van der Waals surface area (Å²) in [5, 5.41) is 0. The Morgan fingerprint density at radius 3 is 1.48 bits per heavy atom. The van der Waals surface area contributed by atoms with Gasteiger partial charge in [0.1, 0.15) is 0 Å². The molecular formula is C14H38O3Si4. The molecule has 0 aromatic heterocycles. The number of hydrogen-bond acceptors (Lipinski definition) is 3. The van der Waals surface area contributed by atoms with E-state index >= 15 is 0 Å². The predicted octanol–water partition coefficient (Wildman–Crippen LogP) is 5.67. The van der Waals surface area contributed by atoms with Gasteiger partial charge in [-0.15, -0.1) is 0 Å². The largest absolute Gasteiger partial charge is 0.437 e. The van der Waals surface area contributed by atoms with Crippen LogP contribution in [0.3, 0.4) is 0 Å². The van der Waals surface area contributed by atoms with Gasteiger partial charge in [-0.3, -0.25) is 0 Å². The first-order valence-corrected chi connectivity index (χ1v) is 20.4. The average Bonchev–Trinajstić information content (AvgIpc) is 2.08. The maximum absolute atomic E-state index is 6.63. The molecule has 7 heteroatoms. The van der Waals surface area contributed by atoms with Gasteiger partial charge in [0.2, 0.25) is 0 Å². The van der Waals surface area contributed by atoms with Crippen LogP contribution in [0.25, 0.3) is 0 Å². The molecule has 0 aromatic carbocycles. The average molecular weight is 367 g/mol. The second kappa shape index (κ2) is 8.03. The fraction of sp³-hybridized carbons (Fsp3) is 1.00. The minimum absolute atomic E-state index is 1.09. The predicted molar refractivity (Wildman–Crippen MR) is 103 cm³/mol. The zero-order chi connectivity index (χ0) is 16.9. The fourth-order valence-corrected chi connectivity index (χ4v) is 20.8. The van der Waals surface area contributed by atoms with Gasteiger partial charge in [-0.1, -0.05) is 26.2 Å². The molecule has 0 saturated heterocycles. The van der Waals surface area contributed by atoms with E-state index in [2.05, 4.69) is 65.8 Å². The van der Waals surface area contributed by atoms with Gasteiger partial charge in [-0.05, 0) is 65.0 Å². The normalized spacial score (nSPS) is 16.9. The number of rotatable bonds is 10. The molecule has 0 radical (unpaired) electrons. The minimum atomic E-state index is -2.14. The minimum Gasteiger partial charge on any atom is -0.437 e. The Hall–Kier alpha value is 0.748. The summed E-state index contributed by atoms with van der Waals surface area (Å²) in [4.78, 5) is 0. The van der Waals surface area contributed by atoms with E-state index in [-0.39, 0.29) is 0 Å². The Morgan fingerprint density at radius 1 is 0.619 bits per heavy atom. The van der Waals surface area contributed by atoms with E-state index in [4.69, 9.17) is 12.3 Å². The summed E-state index contributed by atoms with van der Waals surface area (Å²) in [7, 11) is -7.42.